The Morgan fingerprint density at radius 3 is 2.51 bits per heavy atom. The Kier molecular flexibility index (Phi) is 9.32. The number of nitrogens with one attached hydrogen (secondary N) is 3. The number of thioether (sulfide) groups is 1. The van der Waals surface area contributed by atoms with Crippen molar-refractivity contribution >= 4 is 23.5 Å². The van der Waals surface area contributed by atoms with E-state index in [2.05, 4.69) is 57.5 Å². The number of aliphatic hydroxyl groups is 1. The van der Waals surface area contributed by atoms with Crippen LogP contribution in [-0.2, 0) is 6.54 Å². The second kappa shape index (κ2) is 12.9. The topological polar surface area (TPSA) is 106 Å². The Labute approximate surface area is 238 Å². The third kappa shape index (κ3) is 6.37. The summed E-state index contributed by atoms with van der Waals surface area (Å²) < 4.78 is 0. The fourth-order valence-corrected chi connectivity index (χ4v) is 8.82. The van der Waals surface area contributed by atoms with Crippen LogP contribution < -0.4 is 16.0 Å². The van der Waals surface area contributed by atoms with Gasteiger partial charge in [-0.3, -0.25) is 0 Å². The minimum atomic E-state index is 0.337. The molecule has 5 saturated carbocycles. The van der Waals surface area contributed by atoms with Crippen molar-refractivity contribution < 1.29 is 5.11 Å². The van der Waals surface area contributed by atoms with Crippen LogP contribution in [0, 0.1) is 34.5 Å². The highest BCUT2D eigenvalue weighted by Crippen LogP contribution is 2.60. The minimum absolute atomic E-state index is 0.337. The Balaban J connectivity index is 0.00000151. The molecule has 0 saturated heterocycles. The third-order valence-corrected chi connectivity index (χ3v) is 10.4. The van der Waals surface area contributed by atoms with E-state index in [0.29, 0.717) is 29.3 Å². The molecule has 4 N–H and O–H groups in total. The highest BCUT2D eigenvalue weighted by molar-refractivity contribution is 7.98. The van der Waals surface area contributed by atoms with E-state index in [1.807, 2.05) is 0 Å². The van der Waals surface area contributed by atoms with Crippen LogP contribution in [0.25, 0.3) is 0 Å². The number of nitrogens with zero attached hydrogens (tertiary/aromatic N) is 3. The van der Waals surface area contributed by atoms with Crippen molar-refractivity contribution in [2.75, 3.05) is 30.5 Å². The van der Waals surface area contributed by atoms with Gasteiger partial charge in [-0.15, -0.1) is 11.8 Å². The highest BCUT2D eigenvalue weighted by Gasteiger charge is 2.55. The van der Waals surface area contributed by atoms with Crippen molar-refractivity contribution in [3.05, 3.63) is 41.6 Å². The quantitative estimate of drug-likeness (QED) is 0.291. The first kappa shape index (κ1) is 28.2. The van der Waals surface area contributed by atoms with Gasteiger partial charge in [0.25, 0.3) is 0 Å². The normalized spacial score (nSPS) is 29.3. The summed E-state index contributed by atoms with van der Waals surface area (Å²) in [5.74, 6) is 3.73. The van der Waals surface area contributed by atoms with E-state index in [1.54, 1.807) is 18.0 Å². The maximum absolute atomic E-state index is 9.74. The Morgan fingerprint density at radius 2 is 1.79 bits per heavy atom. The first-order valence-corrected chi connectivity index (χ1v) is 15.9. The van der Waals surface area contributed by atoms with Gasteiger partial charge >= 0.3 is 0 Å². The molecule has 0 amide bonds. The lowest BCUT2D eigenvalue weighted by Gasteiger charge is -2.61. The predicted octanol–water partition coefficient (Wildman–Crippen LogP) is 5.82. The highest BCUT2D eigenvalue weighted by atomic mass is 32.2. The third-order valence-electron chi connectivity index (χ3n) is 9.60. The molecule has 1 heterocycles. The number of aromatic nitrogens is 2. The monoisotopic (exact) mass is 548 g/mol. The maximum Gasteiger partial charge on any atom is 0.224 e. The van der Waals surface area contributed by atoms with Gasteiger partial charge in [0.1, 0.15) is 17.5 Å². The van der Waals surface area contributed by atoms with Crippen molar-refractivity contribution in [3.8, 4) is 6.07 Å². The van der Waals surface area contributed by atoms with Crippen molar-refractivity contribution in [1.82, 2.24) is 15.3 Å². The van der Waals surface area contributed by atoms with E-state index in [1.165, 1.54) is 74.7 Å². The number of benzene rings is 1. The zero-order valence-corrected chi connectivity index (χ0v) is 24.3. The van der Waals surface area contributed by atoms with Gasteiger partial charge in [0.2, 0.25) is 5.95 Å². The Bertz CT molecular complexity index is 1130. The second-order valence-corrected chi connectivity index (χ2v) is 12.9. The molecule has 1 aromatic heterocycles. The summed E-state index contributed by atoms with van der Waals surface area (Å²) in [6.45, 7) is 1.57. The molecular weight excluding hydrogens is 504 g/mol. The van der Waals surface area contributed by atoms with Crippen molar-refractivity contribution in [2.45, 2.75) is 87.7 Å². The Hall–Kier alpha value is -2.34. The summed E-state index contributed by atoms with van der Waals surface area (Å²) >= 11 is 1.74. The van der Waals surface area contributed by atoms with Crippen molar-refractivity contribution in [3.63, 3.8) is 0 Å². The van der Waals surface area contributed by atoms with Gasteiger partial charge < -0.3 is 21.1 Å². The molecule has 7 rings (SSSR count). The zero-order chi connectivity index (χ0) is 27.2. The molecule has 0 spiro atoms. The predicted molar refractivity (Wildman–Crippen MR) is 159 cm³/mol. The zero-order valence-electron chi connectivity index (χ0n) is 23.5. The number of nitriles is 1. The van der Waals surface area contributed by atoms with E-state index in [4.69, 9.17) is 10.1 Å². The summed E-state index contributed by atoms with van der Waals surface area (Å²) in [6.07, 6.45) is 17.5. The number of aliphatic hydroxyl groups excluding tert-OH is 1. The smallest absolute Gasteiger partial charge is 0.224 e. The summed E-state index contributed by atoms with van der Waals surface area (Å²) in [6, 6.07) is 12.2. The van der Waals surface area contributed by atoms with E-state index < -0.39 is 0 Å². The molecule has 0 radical (unpaired) electrons. The van der Waals surface area contributed by atoms with E-state index >= 15 is 0 Å². The van der Waals surface area contributed by atoms with Crippen molar-refractivity contribution in [1.29, 1.82) is 5.26 Å². The van der Waals surface area contributed by atoms with Gasteiger partial charge in [0, 0.05) is 37.2 Å². The minimum Gasteiger partial charge on any atom is -0.400 e. The molecule has 39 heavy (non-hydrogen) atoms. The lowest BCUT2D eigenvalue weighted by molar-refractivity contribution is -0.0728. The van der Waals surface area contributed by atoms with Crippen LogP contribution in [0.1, 0.15) is 75.3 Å². The van der Waals surface area contributed by atoms with E-state index in [0.717, 1.165) is 43.5 Å². The molecule has 1 aromatic carbocycles. The van der Waals surface area contributed by atoms with Gasteiger partial charge in [-0.1, -0.05) is 37.5 Å². The summed E-state index contributed by atoms with van der Waals surface area (Å²) in [7, 11) is 1.00. The number of hydrogen-bond donors (Lipinski definition) is 4. The molecule has 0 aliphatic heterocycles. The maximum atomic E-state index is 9.74. The summed E-state index contributed by atoms with van der Waals surface area (Å²) in [5.41, 5.74) is 2.09. The van der Waals surface area contributed by atoms with Crippen LogP contribution in [0.15, 0.2) is 35.4 Å². The lowest BCUT2D eigenvalue weighted by Crippen LogP contribution is -2.61. The largest absolute Gasteiger partial charge is 0.400 e. The van der Waals surface area contributed by atoms with Gasteiger partial charge in [-0.25, -0.2) is 4.98 Å². The van der Waals surface area contributed by atoms with Crippen LogP contribution in [0.5, 0.6) is 0 Å². The second-order valence-electron chi connectivity index (χ2n) is 12.1. The molecule has 5 aliphatic rings. The summed E-state index contributed by atoms with van der Waals surface area (Å²) in [4.78, 5) is 10.4. The molecule has 7 nitrogen and oxygen atoms in total. The lowest BCUT2D eigenvalue weighted by atomic mass is 9.47. The molecule has 5 fully saturated rings. The van der Waals surface area contributed by atoms with Gasteiger partial charge in [0.15, 0.2) is 0 Å². The van der Waals surface area contributed by atoms with Gasteiger partial charge in [0.05, 0.1) is 6.20 Å². The molecule has 2 aromatic rings. The van der Waals surface area contributed by atoms with Crippen LogP contribution in [0.2, 0.25) is 0 Å². The number of rotatable bonds is 9. The average Bonchev–Trinajstić information content (AvgIpc) is 2.98. The van der Waals surface area contributed by atoms with Gasteiger partial charge in [-0.2, -0.15) is 10.2 Å². The molecule has 210 valence electrons. The van der Waals surface area contributed by atoms with Crippen LogP contribution >= 0.6 is 11.8 Å². The molecule has 5 aliphatic carbocycles. The Morgan fingerprint density at radius 1 is 1.05 bits per heavy atom. The molecule has 2 unspecified atom stereocenters. The first-order valence-electron chi connectivity index (χ1n) is 14.7. The summed E-state index contributed by atoms with van der Waals surface area (Å²) in [5, 5.41) is 27.9. The first-order chi connectivity index (χ1) is 19.1. The average molecular weight is 549 g/mol. The standard InChI is InChI=1S/C30H40N6S.CH4O/c1-37-26-10-6-5-7-21(26)17-32-29-33-18-24(16-31)28(36-29)34-19-30-13-20-11-22(14-30)27(23(12-20)15-30)35-25-8-3-2-4-9-25;1-2/h5-7,10,18,20,22-23,25,27,35H,2-4,8-9,11-15,17,19H2,1H3,(H2,32,33,34,36);2H,1H3. The van der Waals surface area contributed by atoms with E-state index in [9.17, 15) is 5.26 Å². The fourth-order valence-electron chi connectivity index (χ4n) is 8.20. The number of hydrogen-bond acceptors (Lipinski definition) is 8. The van der Waals surface area contributed by atoms with Gasteiger partial charge in [-0.05, 0) is 86.0 Å². The molecule has 4 bridgehead atoms. The fraction of sp³-hybridized carbons (Fsp3) is 0.645. The van der Waals surface area contributed by atoms with Crippen LogP contribution in [0.4, 0.5) is 11.8 Å². The number of anilines is 2. The molecule has 8 heteroatoms. The van der Waals surface area contributed by atoms with Crippen LogP contribution in [-0.4, -0.2) is 47.1 Å². The van der Waals surface area contributed by atoms with Crippen LogP contribution in [0.3, 0.4) is 0 Å². The molecule has 2 atom stereocenters. The molecular formula is C31H44N6OS. The van der Waals surface area contributed by atoms with E-state index in [-0.39, 0.29) is 0 Å². The van der Waals surface area contributed by atoms with Crippen molar-refractivity contribution in [2.24, 2.45) is 23.2 Å². The SMILES string of the molecule is CO.CSc1ccccc1CNc1ncc(C#N)c(NCC23CC4CC(C2)C(NC2CCCCC2)C(C4)C3)n1.